The van der Waals surface area contributed by atoms with Crippen molar-refractivity contribution >= 4 is 54.8 Å². The van der Waals surface area contributed by atoms with Crippen molar-refractivity contribution in [2.45, 2.75) is 0 Å². The average Bonchev–Trinajstić information content (AvgIpc) is 3.82. The van der Waals surface area contributed by atoms with Crippen LogP contribution in [0, 0.1) is 0 Å². The van der Waals surface area contributed by atoms with Crippen LogP contribution in [0.1, 0.15) is 0 Å². The van der Waals surface area contributed by atoms with E-state index in [0.29, 0.717) is 0 Å². The van der Waals surface area contributed by atoms with Gasteiger partial charge in [-0.25, -0.2) is 15.0 Å². The van der Waals surface area contributed by atoms with E-state index in [1.54, 1.807) is 0 Å². The smallest absolute Gasteiger partial charge is 0.147 e. The first kappa shape index (κ1) is 25.7. The van der Waals surface area contributed by atoms with Crippen molar-refractivity contribution in [2.75, 3.05) is 0 Å². The van der Waals surface area contributed by atoms with E-state index < -0.39 is 0 Å². The summed E-state index contributed by atoms with van der Waals surface area (Å²) in [5, 5.41) is 6.33. The summed E-state index contributed by atoms with van der Waals surface area (Å²) in [6.07, 6.45) is 9.43. The molecule has 0 amide bonds. The molecule has 10 rings (SSSR count). The highest BCUT2D eigenvalue weighted by molar-refractivity contribution is 6.13. The summed E-state index contributed by atoms with van der Waals surface area (Å²) in [6, 6.07) is 39.3. The fraction of sp³-hybridized carbons (Fsp3) is 0. The van der Waals surface area contributed by atoms with Crippen molar-refractivity contribution in [3.05, 3.63) is 146 Å². The van der Waals surface area contributed by atoms with Gasteiger partial charge in [-0.15, -0.1) is 0 Å². The van der Waals surface area contributed by atoms with Crippen molar-refractivity contribution in [1.29, 1.82) is 0 Å². The standard InChI is InChI=1S/C40H24N6O/c1-3-7-25(8-4-1)35-16-15-32-30-14-12-28(22-34(30)39-43-24-36(46(39)40(32)44-35)26-9-5-2-6-10-26)47-27-11-13-29-31-17-18-41-23-37(31)45-20-19-42-38(45)33(29)21-27/h1-24H. The van der Waals surface area contributed by atoms with E-state index in [1.165, 1.54) is 0 Å². The summed E-state index contributed by atoms with van der Waals surface area (Å²) in [7, 11) is 0. The Morgan fingerprint density at radius 1 is 0.511 bits per heavy atom. The van der Waals surface area contributed by atoms with Gasteiger partial charge >= 0.3 is 0 Å². The number of rotatable bonds is 4. The molecule has 6 heterocycles. The SMILES string of the molecule is c1ccc(-c2ccc3c4ccc(Oc5ccc6c7ccncc7n7ccnc7c6c5)cc4c4ncc(-c5ccccc5)n4c3n2)cc1. The molecule has 7 nitrogen and oxygen atoms in total. The molecule has 0 aliphatic carbocycles. The Kier molecular flexibility index (Phi) is 5.44. The summed E-state index contributed by atoms with van der Waals surface area (Å²) in [6.45, 7) is 0. The van der Waals surface area contributed by atoms with Crippen LogP contribution >= 0.6 is 0 Å². The van der Waals surface area contributed by atoms with Crippen LogP contribution in [0.3, 0.4) is 0 Å². The molecule has 0 aliphatic rings. The summed E-state index contributed by atoms with van der Waals surface area (Å²) in [4.78, 5) is 19.2. The third kappa shape index (κ3) is 3.93. The number of hydrogen-bond acceptors (Lipinski definition) is 5. The fourth-order valence-electron chi connectivity index (χ4n) is 6.82. The molecule has 0 bridgehead atoms. The first-order chi connectivity index (χ1) is 23.3. The first-order valence-corrected chi connectivity index (χ1v) is 15.5. The van der Waals surface area contributed by atoms with Crippen molar-refractivity contribution in [3.8, 4) is 34.0 Å². The Balaban J connectivity index is 1.16. The monoisotopic (exact) mass is 604 g/mol. The number of fused-ring (bicyclic) bond motifs is 12. The molecule has 0 fully saturated rings. The Bertz CT molecular complexity index is 2820. The average molecular weight is 605 g/mol. The van der Waals surface area contributed by atoms with E-state index in [-0.39, 0.29) is 0 Å². The molecular formula is C40H24N6O. The van der Waals surface area contributed by atoms with Crippen LogP contribution in [0.4, 0.5) is 0 Å². The Morgan fingerprint density at radius 3 is 2.00 bits per heavy atom. The van der Waals surface area contributed by atoms with Crippen LogP contribution in [0.5, 0.6) is 11.5 Å². The quantitative estimate of drug-likeness (QED) is 0.187. The van der Waals surface area contributed by atoms with Crippen LogP contribution in [0.25, 0.3) is 77.3 Å². The van der Waals surface area contributed by atoms with Crippen LogP contribution < -0.4 is 4.74 Å². The van der Waals surface area contributed by atoms with Crippen LogP contribution in [-0.2, 0) is 0 Å². The van der Waals surface area contributed by atoms with Gasteiger partial charge in [-0.05, 0) is 65.4 Å². The molecule has 0 spiro atoms. The van der Waals surface area contributed by atoms with Gasteiger partial charge in [0.2, 0.25) is 0 Å². The molecule has 220 valence electrons. The lowest BCUT2D eigenvalue weighted by molar-refractivity contribution is 0.484. The molecule has 0 aliphatic heterocycles. The van der Waals surface area contributed by atoms with E-state index in [9.17, 15) is 0 Å². The van der Waals surface area contributed by atoms with Crippen molar-refractivity contribution in [1.82, 2.24) is 28.7 Å². The van der Waals surface area contributed by atoms with Gasteiger partial charge in [0.1, 0.15) is 28.4 Å². The molecule has 7 heteroatoms. The van der Waals surface area contributed by atoms with Crippen molar-refractivity contribution in [3.63, 3.8) is 0 Å². The number of ether oxygens (including phenoxy) is 1. The van der Waals surface area contributed by atoms with Gasteiger partial charge < -0.3 is 4.74 Å². The lowest BCUT2D eigenvalue weighted by atomic mass is 10.1. The first-order valence-electron chi connectivity index (χ1n) is 15.5. The predicted octanol–water partition coefficient (Wildman–Crippen LogP) is 9.51. The molecule has 10 aromatic rings. The maximum Gasteiger partial charge on any atom is 0.147 e. The molecule has 6 aromatic heterocycles. The predicted molar refractivity (Wildman–Crippen MR) is 187 cm³/mol. The second kappa shape index (κ2) is 9.95. The Hall–Kier alpha value is -6.60. The Morgan fingerprint density at radius 2 is 1.21 bits per heavy atom. The highest BCUT2D eigenvalue weighted by Crippen LogP contribution is 2.37. The molecule has 47 heavy (non-hydrogen) atoms. The van der Waals surface area contributed by atoms with Gasteiger partial charge in [-0.3, -0.25) is 13.8 Å². The highest BCUT2D eigenvalue weighted by Gasteiger charge is 2.18. The number of imidazole rings is 2. The molecule has 4 aromatic carbocycles. The van der Waals surface area contributed by atoms with E-state index in [4.69, 9.17) is 14.7 Å². The maximum atomic E-state index is 6.56. The number of aromatic nitrogens is 6. The normalized spacial score (nSPS) is 11.8. The minimum atomic E-state index is 0.723. The van der Waals surface area contributed by atoms with Gasteiger partial charge in [-0.1, -0.05) is 60.7 Å². The van der Waals surface area contributed by atoms with Crippen LogP contribution in [0.2, 0.25) is 0 Å². The van der Waals surface area contributed by atoms with Crippen molar-refractivity contribution in [2.24, 2.45) is 0 Å². The zero-order valence-corrected chi connectivity index (χ0v) is 24.9. The van der Waals surface area contributed by atoms with Gasteiger partial charge in [0.15, 0.2) is 0 Å². The number of hydrogen-bond donors (Lipinski definition) is 0. The molecule has 0 radical (unpaired) electrons. The summed E-state index contributed by atoms with van der Waals surface area (Å²) < 4.78 is 10.8. The molecule has 0 N–H and O–H groups in total. The highest BCUT2D eigenvalue weighted by atomic mass is 16.5. The number of benzene rings is 4. The molecule has 0 saturated heterocycles. The van der Waals surface area contributed by atoms with E-state index in [0.717, 1.165) is 88.8 Å². The molecule has 0 atom stereocenters. The zero-order chi connectivity index (χ0) is 30.9. The third-order valence-electron chi connectivity index (χ3n) is 8.97. The minimum Gasteiger partial charge on any atom is -0.457 e. The number of pyridine rings is 4. The molecular weight excluding hydrogens is 580 g/mol. The summed E-state index contributed by atoms with van der Waals surface area (Å²) in [5.41, 5.74) is 7.62. The van der Waals surface area contributed by atoms with Gasteiger partial charge in [0, 0.05) is 51.3 Å². The topological polar surface area (TPSA) is 69.6 Å². The lowest BCUT2D eigenvalue weighted by Crippen LogP contribution is -1.98. The summed E-state index contributed by atoms with van der Waals surface area (Å²) in [5.74, 6) is 1.45. The molecule has 0 unspecified atom stereocenters. The van der Waals surface area contributed by atoms with E-state index >= 15 is 0 Å². The molecule has 0 saturated carbocycles. The van der Waals surface area contributed by atoms with Crippen molar-refractivity contribution < 1.29 is 4.74 Å². The fourth-order valence-corrected chi connectivity index (χ4v) is 6.82. The van der Waals surface area contributed by atoms with Gasteiger partial charge in [0.25, 0.3) is 0 Å². The van der Waals surface area contributed by atoms with Gasteiger partial charge in [0.05, 0.1) is 29.3 Å². The van der Waals surface area contributed by atoms with E-state index in [2.05, 4.69) is 79.4 Å². The van der Waals surface area contributed by atoms with Crippen LogP contribution in [0.15, 0.2) is 146 Å². The largest absolute Gasteiger partial charge is 0.457 e. The lowest BCUT2D eigenvalue weighted by Gasteiger charge is -2.14. The second-order valence-electron chi connectivity index (χ2n) is 11.6. The Labute approximate surface area is 268 Å². The number of nitrogens with zero attached hydrogens (tertiary/aromatic N) is 6. The minimum absolute atomic E-state index is 0.723. The third-order valence-corrected chi connectivity index (χ3v) is 8.97. The van der Waals surface area contributed by atoms with E-state index in [1.807, 2.05) is 85.6 Å². The maximum absolute atomic E-state index is 6.56. The van der Waals surface area contributed by atoms with Gasteiger partial charge in [-0.2, -0.15) is 0 Å². The summed E-state index contributed by atoms with van der Waals surface area (Å²) >= 11 is 0. The zero-order valence-electron chi connectivity index (χ0n) is 24.9. The van der Waals surface area contributed by atoms with Crippen LogP contribution in [-0.4, -0.2) is 28.7 Å². The second-order valence-corrected chi connectivity index (χ2v) is 11.6.